The number of ketones is 1. The third kappa shape index (κ3) is 4.88. The van der Waals surface area contributed by atoms with Crippen molar-refractivity contribution in [2.75, 3.05) is 23.8 Å². The molecular formula is C25H24N6O4. The maximum atomic E-state index is 13.4. The SMILES string of the molecule is O=C(Nc1cccnc1)c1ccc(C(=O)c2c[nH]c3ncnc(N[C@H]4CC[C@H](CO)OC4)c23)cc1. The molecule has 1 aliphatic heterocycles. The van der Waals surface area contributed by atoms with Crippen LogP contribution in [0.2, 0.25) is 0 Å². The number of aliphatic hydroxyl groups excluding tert-OH is 1. The molecule has 2 atom stereocenters. The molecule has 178 valence electrons. The van der Waals surface area contributed by atoms with E-state index in [4.69, 9.17) is 4.74 Å². The second-order valence-electron chi connectivity index (χ2n) is 8.31. The number of rotatable bonds is 7. The van der Waals surface area contributed by atoms with Gasteiger partial charge >= 0.3 is 0 Å². The highest BCUT2D eigenvalue weighted by Gasteiger charge is 2.24. The summed E-state index contributed by atoms with van der Waals surface area (Å²) < 4.78 is 5.65. The highest BCUT2D eigenvalue weighted by molar-refractivity contribution is 6.18. The number of carbonyl (C=O) groups is 2. The highest BCUT2D eigenvalue weighted by Crippen LogP contribution is 2.27. The normalized spacial score (nSPS) is 17.7. The molecule has 3 aromatic heterocycles. The molecule has 35 heavy (non-hydrogen) atoms. The first-order chi connectivity index (χ1) is 17.1. The Morgan fingerprint density at radius 2 is 1.94 bits per heavy atom. The molecule has 4 aromatic rings. The van der Waals surface area contributed by atoms with Gasteiger partial charge in [-0.3, -0.25) is 14.6 Å². The van der Waals surface area contributed by atoms with Gasteiger partial charge in [-0.25, -0.2) is 9.97 Å². The van der Waals surface area contributed by atoms with Gasteiger partial charge in [0.25, 0.3) is 5.91 Å². The van der Waals surface area contributed by atoms with E-state index in [0.717, 1.165) is 12.8 Å². The van der Waals surface area contributed by atoms with Crippen molar-refractivity contribution in [3.05, 3.63) is 78.0 Å². The topological polar surface area (TPSA) is 142 Å². The first-order valence-corrected chi connectivity index (χ1v) is 11.3. The van der Waals surface area contributed by atoms with Gasteiger partial charge in [-0.15, -0.1) is 0 Å². The summed E-state index contributed by atoms with van der Waals surface area (Å²) in [6, 6.07) is 9.96. The van der Waals surface area contributed by atoms with Gasteiger partial charge in [0.1, 0.15) is 17.8 Å². The lowest BCUT2D eigenvalue weighted by Gasteiger charge is -2.29. The molecule has 1 aliphatic rings. The minimum atomic E-state index is -0.290. The van der Waals surface area contributed by atoms with E-state index >= 15 is 0 Å². The van der Waals surface area contributed by atoms with Crippen LogP contribution in [0, 0.1) is 0 Å². The van der Waals surface area contributed by atoms with Crippen LogP contribution in [0.4, 0.5) is 11.5 Å². The Bertz CT molecular complexity index is 1330. The van der Waals surface area contributed by atoms with Crippen molar-refractivity contribution in [1.29, 1.82) is 0 Å². The first-order valence-electron chi connectivity index (χ1n) is 11.3. The van der Waals surface area contributed by atoms with Crippen LogP contribution in [-0.2, 0) is 4.74 Å². The summed E-state index contributed by atoms with van der Waals surface area (Å²) in [4.78, 5) is 41.5. The fourth-order valence-corrected chi connectivity index (χ4v) is 4.08. The number of hydrogen-bond acceptors (Lipinski definition) is 8. The molecule has 1 aromatic carbocycles. The smallest absolute Gasteiger partial charge is 0.255 e. The van der Waals surface area contributed by atoms with Crippen LogP contribution in [0.1, 0.15) is 39.1 Å². The molecule has 5 rings (SSSR count). The van der Waals surface area contributed by atoms with E-state index in [2.05, 4.69) is 30.6 Å². The zero-order valence-electron chi connectivity index (χ0n) is 18.8. The van der Waals surface area contributed by atoms with Crippen molar-refractivity contribution in [2.24, 2.45) is 0 Å². The quantitative estimate of drug-likeness (QED) is 0.301. The number of nitrogens with zero attached hydrogens (tertiary/aromatic N) is 3. The monoisotopic (exact) mass is 472 g/mol. The molecular weight excluding hydrogens is 448 g/mol. The number of aromatic amines is 1. The largest absolute Gasteiger partial charge is 0.394 e. The number of pyridine rings is 1. The van der Waals surface area contributed by atoms with Gasteiger partial charge in [0, 0.05) is 23.5 Å². The molecule has 10 nitrogen and oxygen atoms in total. The maximum Gasteiger partial charge on any atom is 0.255 e. The first kappa shape index (κ1) is 22.6. The van der Waals surface area contributed by atoms with Crippen LogP contribution < -0.4 is 10.6 Å². The van der Waals surface area contributed by atoms with Crippen molar-refractivity contribution in [3.8, 4) is 0 Å². The van der Waals surface area contributed by atoms with Gasteiger partial charge in [-0.05, 0) is 37.1 Å². The third-order valence-corrected chi connectivity index (χ3v) is 5.96. The van der Waals surface area contributed by atoms with Gasteiger partial charge in [0.2, 0.25) is 0 Å². The number of anilines is 2. The summed E-state index contributed by atoms with van der Waals surface area (Å²) in [6.45, 7) is 0.442. The number of ether oxygens (including phenoxy) is 1. The van der Waals surface area contributed by atoms with Crippen molar-refractivity contribution < 1.29 is 19.4 Å². The van der Waals surface area contributed by atoms with E-state index < -0.39 is 0 Å². The standard InChI is InChI=1S/C25H24N6O4/c32-12-19-8-7-18(13-35-19)30-24-21-20(11-27-23(21)28-14-29-24)22(33)15-3-5-16(6-4-15)25(34)31-17-2-1-9-26-10-17/h1-6,9-11,14,18-19,32H,7-8,12-13H2,(H,31,34)(H2,27,28,29,30)/t18-,19+/m0/s1. The maximum absolute atomic E-state index is 13.4. The summed E-state index contributed by atoms with van der Waals surface area (Å²) in [5.41, 5.74) is 2.43. The summed E-state index contributed by atoms with van der Waals surface area (Å²) in [7, 11) is 0. The predicted molar refractivity (Wildman–Crippen MR) is 129 cm³/mol. The van der Waals surface area contributed by atoms with Crippen LogP contribution >= 0.6 is 0 Å². The number of amides is 1. The zero-order valence-corrected chi connectivity index (χ0v) is 18.8. The summed E-state index contributed by atoms with van der Waals surface area (Å²) in [6.07, 6.45) is 7.65. The Morgan fingerprint density at radius 3 is 2.66 bits per heavy atom. The molecule has 0 aliphatic carbocycles. The minimum absolute atomic E-state index is 0.00481. The van der Waals surface area contributed by atoms with Gasteiger partial charge < -0.3 is 25.5 Å². The molecule has 4 N–H and O–H groups in total. The zero-order chi connectivity index (χ0) is 24.2. The van der Waals surface area contributed by atoms with Crippen molar-refractivity contribution >= 4 is 34.2 Å². The number of hydrogen-bond donors (Lipinski definition) is 4. The van der Waals surface area contributed by atoms with Crippen molar-refractivity contribution in [3.63, 3.8) is 0 Å². The van der Waals surface area contributed by atoms with Gasteiger partial charge in [0.05, 0.1) is 48.2 Å². The molecule has 0 spiro atoms. The Labute approximate surface area is 200 Å². The van der Waals surface area contributed by atoms with E-state index in [-0.39, 0.29) is 30.4 Å². The average molecular weight is 473 g/mol. The van der Waals surface area contributed by atoms with E-state index in [1.807, 2.05) is 0 Å². The molecule has 1 saturated heterocycles. The Balaban J connectivity index is 1.35. The lowest BCUT2D eigenvalue weighted by molar-refractivity contribution is -0.0224. The lowest BCUT2D eigenvalue weighted by atomic mass is 10.0. The fourth-order valence-electron chi connectivity index (χ4n) is 4.08. The molecule has 1 fully saturated rings. The summed E-state index contributed by atoms with van der Waals surface area (Å²) >= 11 is 0. The van der Waals surface area contributed by atoms with Crippen LogP contribution in [0.5, 0.6) is 0 Å². The van der Waals surface area contributed by atoms with Gasteiger partial charge in [-0.1, -0.05) is 12.1 Å². The van der Waals surface area contributed by atoms with E-state index in [1.165, 1.54) is 6.33 Å². The molecule has 0 bridgehead atoms. The highest BCUT2D eigenvalue weighted by atomic mass is 16.5. The molecule has 1 amide bonds. The van der Waals surface area contributed by atoms with Crippen LogP contribution in [0.3, 0.4) is 0 Å². The van der Waals surface area contributed by atoms with E-state index in [1.54, 1.807) is 55.0 Å². The predicted octanol–water partition coefficient (Wildman–Crippen LogP) is 2.79. The number of aliphatic hydroxyl groups is 1. The second-order valence-corrected chi connectivity index (χ2v) is 8.31. The molecule has 0 saturated carbocycles. The lowest BCUT2D eigenvalue weighted by Crippen LogP contribution is -2.36. The Kier molecular flexibility index (Phi) is 6.47. The van der Waals surface area contributed by atoms with Crippen molar-refractivity contribution in [2.45, 2.75) is 25.0 Å². The third-order valence-electron chi connectivity index (χ3n) is 5.96. The summed E-state index contributed by atoms with van der Waals surface area (Å²) in [5.74, 6) is 0.0405. The van der Waals surface area contributed by atoms with Crippen LogP contribution in [0.25, 0.3) is 11.0 Å². The molecule has 10 heteroatoms. The van der Waals surface area contributed by atoms with Crippen LogP contribution in [-0.4, -0.2) is 62.1 Å². The number of H-pyrrole nitrogens is 1. The molecule has 0 unspecified atom stereocenters. The number of nitrogens with one attached hydrogen (secondary N) is 3. The molecule has 4 heterocycles. The van der Waals surface area contributed by atoms with E-state index in [0.29, 0.717) is 45.8 Å². The van der Waals surface area contributed by atoms with Gasteiger partial charge in [0.15, 0.2) is 5.78 Å². The number of benzene rings is 1. The number of aromatic nitrogens is 4. The van der Waals surface area contributed by atoms with Gasteiger partial charge in [-0.2, -0.15) is 0 Å². The Hall–Kier alpha value is -4.15. The number of fused-ring (bicyclic) bond motifs is 1. The average Bonchev–Trinajstić information content (AvgIpc) is 3.35. The van der Waals surface area contributed by atoms with Crippen LogP contribution in [0.15, 0.2) is 61.3 Å². The van der Waals surface area contributed by atoms with Crippen molar-refractivity contribution in [1.82, 2.24) is 19.9 Å². The Morgan fingerprint density at radius 1 is 1.11 bits per heavy atom. The molecule has 0 radical (unpaired) electrons. The minimum Gasteiger partial charge on any atom is -0.394 e. The van der Waals surface area contributed by atoms with E-state index in [9.17, 15) is 14.7 Å². The second kappa shape index (κ2) is 10.00. The number of carbonyl (C=O) groups excluding carboxylic acids is 2. The summed E-state index contributed by atoms with van der Waals surface area (Å²) in [5, 5.41) is 16.0. The fraction of sp³-hybridized carbons (Fsp3) is 0.240.